The van der Waals surface area contributed by atoms with Crippen molar-refractivity contribution < 1.29 is 0 Å². The van der Waals surface area contributed by atoms with Crippen LogP contribution < -0.4 is 0 Å². The van der Waals surface area contributed by atoms with Crippen molar-refractivity contribution in [1.29, 1.82) is 0 Å². The molecule has 0 unspecified atom stereocenters. The largest absolute Gasteiger partial charge is 0.327 e. The van der Waals surface area contributed by atoms with Gasteiger partial charge in [-0.15, -0.1) is 11.6 Å². The smallest absolute Gasteiger partial charge is 0.124 e. The van der Waals surface area contributed by atoms with E-state index < -0.39 is 0 Å². The number of aryl methyl sites for hydroxylation is 2. The molecule has 0 aliphatic carbocycles. The van der Waals surface area contributed by atoms with Gasteiger partial charge in [-0.1, -0.05) is 38.3 Å². The standard InChI is InChI=1S/C15H21ClN2/c1-3-4-5-6-10-18-13-9-7-8-12(2)15(13)17-14(18)11-16/h7-9H,3-6,10-11H2,1-2H3. The van der Waals surface area contributed by atoms with Crippen LogP contribution in [0.25, 0.3) is 11.0 Å². The Morgan fingerprint density at radius 3 is 2.78 bits per heavy atom. The van der Waals surface area contributed by atoms with E-state index in [0.29, 0.717) is 5.88 Å². The van der Waals surface area contributed by atoms with Crippen molar-refractivity contribution in [1.82, 2.24) is 9.55 Å². The summed E-state index contributed by atoms with van der Waals surface area (Å²) in [6, 6.07) is 6.35. The third-order valence-corrected chi connectivity index (χ3v) is 3.65. The topological polar surface area (TPSA) is 17.8 Å². The number of unbranched alkanes of at least 4 members (excludes halogenated alkanes) is 3. The maximum absolute atomic E-state index is 6.01. The van der Waals surface area contributed by atoms with Crippen LogP contribution in [0.3, 0.4) is 0 Å². The van der Waals surface area contributed by atoms with Crippen molar-refractivity contribution in [2.75, 3.05) is 0 Å². The molecule has 0 aliphatic heterocycles. The fraction of sp³-hybridized carbons (Fsp3) is 0.533. The monoisotopic (exact) mass is 264 g/mol. The van der Waals surface area contributed by atoms with Crippen LogP contribution in [0.1, 0.15) is 44.0 Å². The molecule has 18 heavy (non-hydrogen) atoms. The van der Waals surface area contributed by atoms with E-state index >= 15 is 0 Å². The van der Waals surface area contributed by atoms with Gasteiger partial charge in [-0.25, -0.2) is 4.98 Å². The molecule has 0 saturated carbocycles. The highest BCUT2D eigenvalue weighted by Crippen LogP contribution is 2.21. The van der Waals surface area contributed by atoms with Crippen LogP contribution in [0.15, 0.2) is 18.2 Å². The first-order valence-electron chi connectivity index (χ1n) is 6.78. The highest BCUT2D eigenvalue weighted by Gasteiger charge is 2.10. The van der Waals surface area contributed by atoms with E-state index in [9.17, 15) is 0 Å². The summed E-state index contributed by atoms with van der Waals surface area (Å²) in [5.41, 5.74) is 3.55. The van der Waals surface area contributed by atoms with Crippen LogP contribution in [-0.4, -0.2) is 9.55 Å². The summed E-state index contributed by atoms with van der Waals surface area (Å²) < 4.78 is 2.28. The molecule has 1 aromatic carbocycles. The van der Waals surface area contributed by atoms with Gasteiger partial charge in [-0.05, 0) is 25.0 Å². The Morgan fingerprint density at radius 2 is 2.06 bits per heavy atom. The van der Waals surface area contributed by atoms with Gasteiger partial charge in [0.1, 0.15) is 5.82 Å². The molecule has 2 nitrogen and oxygen atoms in total. The van der Waals surface area contributed by atoms with Crippen LogP contribution in [0, 0.1) is 6.92 Å². The molecule has 0 fully saturated rings. The third kappa shape index (κ3) is 2.69. The zero-order valence-electron chi connectivity index (χ0n) is 11.2. The van der Waals surface area contributed by atoms with Gasteiger partial charge >= 0.3 is 0 Å². The normalized spacial score (nSPS) is 11.3. The number of hydrogen-bond acceptors (Lipinski definition) is 1. The predicted molar refractivity (Wildman–Crippen MR) is 78.2 cm³/mol. The lowest BCUT2D eigenvalue weighted by Crippen LogP contribution is -2.02. The molecule has 1 aromatic heterocycles. The van der Waals surface area contributed by atoms with Crippen LogP contribution >= 0.6 is 11.6 Å². The Bertz CT molecular complexity index is 516. The van der Waals surface area contributed by atoms with Crippen molar-refractivity contribution in [2.24, 2.45) is 0 Å². The molecule has 0 bridgehead atoms. The Labute approximate surface area is 114 Å². The summed E-state index contributed by atoms with van der Waals surface area (Å²) in [6.07, 6.45) is 5.06. The number of aromatic nitrogens is 2. The van der Waals surface area contributed by atoms with Crippen molar-refractivity contribution in [3.63, 3.8) is 0 Å². The molecule has 2 aromatic rings. The number of halogens is 1. The number of benzene rings is 1. The van der Waals surface area contributed by atoms with Crippen LogP contribution in [0.2, 0.25) is 0 Å². The first kappa shape index (κ1) is 13.4. The summed E-state index contributed by atoms with van der Waals surface area (Å²) in [5, 5.41) is 0. The quantitative estimate of drug-likeness (QED) is 0.548. The van der Waals surface area contributed by atoms with E-state index in [2.05, 4.69) is 41.6 Å². The van der Waals surface area contributed by atoms with Gasteiger partial charge in [-0.3, -0.25) is 0 Å². The molecule has 0 radical (unpaired) electrons. The lowest BCUT2D eigenvalue weighted by Gasteiger charge is -2.07. The number of para-hydroxylation sites is 1. The number of rotatable bonds is 6. The number of nitrogens with zero attached hydrogens (tertiary/aromatic N) is 2. The van der Waals surface area contributed by atoms with E-state index in [4.69, 9.17) is 11.6 Å². The molecule has 2 rings (SSSR count). The molecular formula is C15H21ClN2. The summed E-state index contributed by atoms with van der Waals surface area (Å²) >= 11 is 6.01. The molecule has 0 atom stereocenters. The molecule has 0 aliphatic rings. The van der Waals surface area contributed by atoms with Gasteiger partial charge in [-0.2, -0.15) is 0 Å². The summed E-state index contributed by atoms with van der Waals surface area (Å²) in [5.74, 6) is 1.49. The van der Waals surface area contributed by atoms with Crippen molar-refractivity contribution >= 4 is 22.6 Å². The molecule has 98 valence electrons. The second-order valence-electron chi connectivity index (χ2n) is 4.82. The van der Waals surface area contributed by atoms with Gasteiger partial charge in [0.05, 0.1) is 16.9 Å². The number of alkyl halides is 1. The van der Waals surface area contributed by atoms with E-state index in [1.54, 1.807) is 0 Å². The van der Waals surface area contributed by atoms with Crippen LogP contribution in [0.4, 0.5) is 0 Å². The second-order valence-corrected chi connectivity index (χ2v) is 5.08. The minimum absolute atomic E-state index is 0.488. The molecule has 0 N–H and O–H groups in total. The number of imidazole rings is 1. The zero-order chi connectivity index (χ0) is 13.0. The van der Waals surface area contributed by atoms with Gasteiger partial charge in [0.15, 0.2) is 0 Å². The van der Waals surface area contributed by atoms with E-state index in [0.717, 1.165) is 17.9 Å². The molecule has 1 heterocycles. The summed E-state index contributed by atoms with van der Waals surface area (Å²) in [4.78, 5) is 4.66. The van der Waals surface area contributed by atoms with Crippen molar-refractivity contribution in [3.05, 3.63) is 29.6 Å². The highest BCUT2D eigenvalue weighted by molar-refractivity contribution is 6.16. The average Bonchev–Trinajstić information content (AvgIpc) is 2.74. The Hall–Kier alpha value is -1.02. The average molecular weight is 265 g/mol. The van der Waals surface area contributed by atoms with Crippen molar-refractivity contribution in [2.45, 2.75) is 52.0 Å². The minimum Gasteiger partial charge on any atom is -0.327 e. The SMILES string of the molecule is CCCCCCn1c(CCl)nc2c(C)cccc21. The molecule has 0 spiro atoms. The van der Waals surface area contributed by atoms with Gasteiger partial charge in [0, 0.05) is 6.54 Å². The minimum atomic E-state index is 0.488. The van der Waals surface area contributed by atoms with Crippen LogP contribution in [-0.2, 0) is 12.4 Å². The Kier molecular flexibility index (Phi) is 4.65. The van der Waals surface area contributed by atoms with Gasteiger partial charge in [0.25, 0.3) is 0 Å². The fourth-order valence-electron chi connectivity index (χ4n) is 2.38. The maximum atomic E-state index is 6.01. The summed E-state index contributed by atoms with van der Waals surface area (Å²) in [7, 11) is 0. The molecule has 0 amide bonds. The lowest BCUT2D eigenvalue weighted by atomic mass is 10.2. The lowest BCUT2D eigenvalue weighted by molar-refractivity contribution is 0.581. The van der Waals surface area contributed by atoms with E-state index in [1.807, 2.05) is 0 Å². The van der Waals surface area contributed by atoms with Gasteiger partial charge < -0.3 is 4.57 Å². The maximum Gasteiger partial charge on any atom is 0.124 e. The Balaban J connectivity index is 2.26. The van der Waals surface area contributed by atoms with E-state index in [1.165, 1.54) is 36.8 Å². The van der Waals surface area contributed by atoms with Crippen molar-refractivity contribution in [3.8, 4) is 0 Å². The first-order valence-corrected chi connectivity index (χ1v) is 7.32. The number of fused-ring (bicyclic) bond motifs is 1. The summed E-state index contributed by atoms with van der Waals surface area (Å²) in [6.45, 7) is 5.37. The fourth-order valence-corrected chi connectivity index (χ4v) is 2.59. The second kappa shape index (κ2) is 6.24. The zero-order valence-corrected chi connectivity index (χ0v) is 12.0. The van der Waals surface area contributed by atoms with E-state index in [-0.39, 0.29) is 0 Å². The van der Waals surface area contributed by atoms with Gasteiger partial charge in [0.2, 0.25) is 0 Å². The first-order chi connectivity index (χ1) is 8.77. The highest BCUT2D eigenvalue weighted by atomic mass is 35.5. The molecule has 0 saturated heterocycles. The third-order valence-electron chi connectivity index (χ3n) is 3.41. The molecular weight excluding hydrogens is 244 g/mol. The Morgan fingerprint density at radius 1 is 1.22 bits per heavy atom. The predicted octanol–water partition coefficient (Wildman–Crippen LogP) is 4.66. The number of hydrogen-bond donors (Lipinski definition) is 0. The van der Waals surface area contributed by atoms with Crippen LogP contribution in [0.5, 0.6) is 0 Å². The molecule has 3 heteroatoms.